The molecule has 0 fully saturated rings. The smallest absolute Gasteiger partial charge is 0.167 e. The van der Waals surface area contributed by atoms with Crippen LogP contribution in [0.2, 0.25) is 0 Å². The maximum absolute atomic E-state index is 14.8. The van der Waals surface area contributed by atoms with Crippen LogP contribution >= 0.6 is 0 Å². The van der Waals surface area contributed by atoms with E-state index in [4.69, 9.17) is 0 Å². The Morgan fingerprint density at radius 1 is 0.600 bits per heavy atom. The van der Waals surface area contributed by atoms with Gasteiger partial charge in [0.05, 0.1) is 0 Å². The highest BCUT2D eigenvalue weighted by molar-refractivity contribution is 5.71. The highest BCUT2D eigenvalue weighted by Gasteiger charge is 2.15. The van der Waals surface area contributed by atoms with Crippen molar-refractivity contribution in [3.8, 4) is 22.3 Å². The van der Waals surface area contributed by atoms with Gasteiger partial charge in [0, 0.05) is 11.1 Å². The molecule has 0 saturated heterocycles. The van der Waals surface area contributed by atoms with E-state index in [2.05, 4.69) is 0 Å². The second-order valence-corrected chi connectivity index (χ2v) is 7.45. The first-order valence-corrected chi connectivity index (χ1v) is 9.90. The zero-order valence-electron chi connectivity index (χ0n) is 16.6. The number of benzene rings is 4. The Morgan fingerprint density at radius 3 is 1.80 bits per heavy atom. The summed E-state index contributed by atoms with van der Waals surface area (Å²) in [5.74, 6) is -1.90. The van der Waals surface area contributed by atoms with E-state index in [9.17, 15) is 13.2 Å². The number of hydrogen-bond acceptors (Lipinski definition) is 0. The van der Waals surface area contributed by atoms with Crippen molar-refractivity contribution in [3.63, 3.8) is 0 Å². The lowest BCUT2D eigenvalue weighted by molar-refractivity contribution is 0.514. The fourth-order valence-corrected chi connectivity index (χ4v) is 3.60. The molecule has 4 rings (SSSR count). The molecule has 150 valence electrons. The quantitative estimate of drug-likeness (QED) is 0.324. The van der Waals surface area contributed by atoms with Crippen molar-refractivity contribution in [1.82, 2.24) is 0 Å². The van der Waals surface area contributed by atoms with Gasteiger partial charge in [-0.25, -0.2) is 13.2 Å². The molecule has 0 atom stereocenters. The highest BCUT2D eigenvalue weighted by atomic mass is 19.2. The van der Waals surface area contributed by atoms with Gasteiger partial charge in [0.1, 0.15) is 5.82 Å². The van der Waals surface area contributed by atoms with Crippen molar-refractivity contribution in [2.24, 2.45) is 0 Å². The zero-order chi connectivity index (χ0) is 21.1. The monoisotopic (exact) mass is 402 g/mol. The summed E-state index contributed by atoms with van der Waals surface area (Å²) in [5.41, 5.74) is 4.30. The average molecular weight is 402 g/mol. The largest absolute Gasteiger partial charge is 0.207 e. The lowest BCUT2D eigenvalue weighted by Crippen LogP contribution is -1.96. The lowest BCUT2D eigenvalue weighted by atomic mass is 9.97. The third-order valence-corrected chi connectivity index (χ3v) is 5.32. The summed E-state index contributed by atoms with van der Waals surface area (Å²) in [4.78, 5) is 0. The highest BCUT2D eigenvalue weighted by Crippen LogP contribution is 2.31. The standard InChI is InChI=1S/C27H21F3/c1-18-7-11-22(25(28)17-18)14-10-19-8-12-21(13-9-19)24-16-15-23(26(29)27(24)30)20-5-3-2-4-6-20/h2-9,11-13,15-17H,10,14H2,1H3. The van der Waals surface area contributed by atoms with Crippen molar-refractivity contribution in [2.45, 2.75) is 19.8 Å². The van der Waals surface area contributed by atoms with Crippen LogP contribution in [0.1, 0.15) is 16.7 Å². The van der Waals surface area contributed by atoms with E-state index in [1.807, 2.05) is 37.3 Å². The average Bonchev–Trinajstić information content (AvgIpc) is 2.76. The van der Waals surface area contributed by atoms with E-state index < -0.39 is 11.6 Å². The van der Waals surface area contributed by atoms with Gasteiger partial charge < -0.3 is 0 Å². The van der Waals surface area contributed by atoms with Gasteiger partial charge in [-0.2, -0.15) is 0 Å². The van der Waals surface area contributed by atoms with Crippen molar-refractivity contribution in [1.29, 1.82) is 0 Å². The predicted molar refractivity (Wildman–Crippen MR) is 116 cm³/mol. The number of hydrogen-bond donors (Lipinski definition) is 0. The van der Waals surface area contributed by atoms with E-state index in [1.54, 1.807) is 48.5 Å². The molecule has 4 aromatic carbocycles. The molecular weight excluding hydrogens is 381 g/mol. The Hall–Kier alpha value is -3.33. The van der Waals surface area contributed by atoms with Crippen LogP contribution in [0.15, 0.2) is 84.9 Å². The van der Waals surface area contributed by atoms with Crippen molar-refractivity contribution in [3.05, 3.63) is 119 Å². The predicted octanol–water partition coefficient (Wildman–Crippen LogP) is 7.53. The molecule has 4 aromatic rings. The fourth-order valence-electron chi connectivity index (χ4n) is 3.60. The second-order valence-electron chi connectivity index (χ2n) is 7.45. The van der Waals surface area contributed by atoms with Gasteiger partial charge in [-0.15, -0.1) is 0 Å². The minimum atomic E-state index is -0.856. The topological polar surface area (TPSA) is 0 Å². The first-order chi connectivity index (χ1) is 14.5. The van der Waals surface area contributed by atoms with Gasteiger partial charge in [0.15, 0.2) is 11.6 Å². The Balaban J connectivity index is 1.53. The molecule has 0 unspecified atom stereocenters. The Bertz CT molecular complexity index is 1160. The summed E-state index contributed by atoms with van der Waals surface area (Å²) in [5, 5.41) is 0. The number of halogens is 3. The fraction of sp³-hybridized carbons (Fsp3) is 0.111. The maximum Gasteiger partial charge on any atom is 0.167 e. The van der Waals surface area contributed by atoms with Crippen LogP contribution in [0.25, 0.3) is 22.3 Å². The minimum Gasteiger partial charge on any atom is -0.207 e. The van der Waals surface area contributed by atoms with E-state index in [0.29, 0.717) is 29.5 Å². The van der Waals surface area contributed by atoms with E-state index in [-0.39, 0.29) is 16.9 Å². The molecular formula is C27H21F3. The summed E-state index contributed by atoms with van der Waals surface area (Å²) in [7, 11) is 0. The summed E-state index contributed by atoms with van der Waals surface area (Å²) in [6.45, 7) is 1.86. The summed E-state index contributed by atoms with van der Waals surface area (Å²) in [6.07, 6.45) is 1.25. The molecule has 0 aliphatic heterocycles. The lowest BCUT2D eigenvalue weighted by Gasteiger charge is -2.10. The Kier molecular flexibility index (Phi) is 5.71. The Morgan fingerprint density at radius 2 is 1.20 bits per heavy atom. The van der Waals surface area contributed by atoms with Crippen LogP contribution < -0.4 is 0 Å². The van der Waals surface area contributed by atoms with Gasteiger partial charge in [0.2, 0.25) is 0 Å². The second kappa shape index (κ2) is 8.58. The normalized spacial score (nSPS) is 10.9. The van der Waals surface area contributed by atoms with Crippen molar-refractivity contribution >= 4 is 0 Å². The molecule has 0 aromatic heterocycles. The van der Waals surface area contributed by atoms with E-state index in [1.165, 1.54) is 6.07 Å². The molecule has 0 N–H and O–H groups in total. The Labute approximate surface area is 174 Å². The van der Waals surface area contributed by atoms with Gasteiger partial charge in [-0.05, 0) is 53.6 Å². The molecule has 0 aliphatic carbocycles. The third kappa shape index (κ3) is 4.16. The maximum atomic E-state index is 14.8. The van der Waals surface area contributed by atoms with Gasteiger partial charge >= 0.3 is 0 Å². The van der Waals surface area contributed by atoms with Crippen molar-refractivity contribution < 1.29 is 13.2 Å². The van der Waals surface area contributed by atoms with Gasteiger partial charge in [0.25, 0.3) is 0 Å². The minimum absolute atomic E-state index is 0.192. The molecule has 30 heavy (non-hydrogen) atoms. The first kappa shape index (κ1) is 20.0. The molecule has 3 heteroatoms. The van der Waals surface area contributed by atoms with Crippen molar-refractivity contribution in [2.75, 3.05) is 0 Å². The third-order valence-electron chi connectivity index (χ3n) is 5.32. The van der Waals surface area contributed by atoms with Gasteiger partial charge in [-0.3, -0.25) is 0 Å². The SMILES string of the molecule is Cc1ccc(CCc2ccc(-c3ccc(-c4ccccc4)c(F)c3F)cc2)c(F)c1. The molecule has 0 saturated carbocycles. The molecule has 0 aliphatic rings. The van der Waals surface area contributed by atoms with Crippen LogP contribution in [0, 0.1) is 24.4 Å². The van der Waals surface area contributed by atoms with Gasteiger partial charge in [-0.1, -0.05) is 78.9 Å². The summed E-state index contributed by atoms with van der Waals surface area (Å²) < 4.78 is 43.4. The molecule has 0 heterocycles. The molecule has 0 nitrogen and oxygen atoms in total. The van der Waals surface area contributed by atoms with Crippen LogP contribution in [-0.2, 0) is 12.8 Å². The zero-order valence-corrected chi connectivity index (χ0v) is 16.6. The van der Waals surface area contributed by atoms with Crippen LogP contribution in [0.5, 0.6) is 0 Å². The van der Waals surface area contributed by atoms with Crippen LogP contribution in [0.3, 0.4) is 0 Å². The molecule has 0 spiro atoms. The first-order valence-electron chi connectivity index (χ1n) is 9.90. The number of aryl methyl sites for hydroxylation is 3. The molecule has 0 bridgehead atoms. The van der Waals surface area contributed by atoms with E-state index in [0.717, 1.165) is 11.1 Å². The molecule has 0 radical (unpaired) electrons. The summed E-state index contributed by atoms with van der Waals surface area (Å²) in [6, 6.07) is 24.7. The van der Waals surface area contributed by atoms with Crippen LogP contribution in [-0.4, -0.2) is 0 Å². The van der Waals surface area contributed by atoms with Crippen LogP contribution in [0.4, 0.5) is 13.2 Å². The van der Waals surface area contributed by atoms with E-state index >= 15 is 0 Å². The summed E-state index contributed by atoms with van der Waals surface area (Å²) >= 11 is 0. The number of rotatable bonds is 5. The molecule has 0 amide bonds.